The van der Waals surface area contributed by atoms with Crippen LogP contribution in [-0.4, -0.2) is 6.29 Å². The number of carbonyl (C=O) groups excluding carboxylic acids is 1. The second-order valence-electron chi connectivity index (χ2n) is 4.50. The van der Waals surface area contributed by atoms with Crippen LogP contribution in [0.5, 0.6) is 0 Å². The van der Waals surface area contributed by atoms with E-state index in [4.69, 9.17) is 4.79 Å². The fraction of sp³-hybridized carbons (Fsp3) is 0.929. The van der Waals surface area contributed by atoms with Gasteiger partial charge >= 0.3 is 0 Å². The van der Waals surface area contributed by atoms with Gasteiger partial charge in [-0.1, -0.05) is 34.1 Å². The summed E-state index contributed by atoms with van der Waals surface area (Å²) in [5.74, 6) is 4.41. The van der Waals surface area contributed by atoms with E-state index in [-0.39, 0.29) is 0 Å². The van der Waals surface area contributed by atoms with Crippen molar-refractivity contribution >= 4 is 6.29 Å². The molecule has 0 aromatic carbocycles. The third kappa shape index (κ3) is 3.62. The average molecular weight is 212 g/mol. The number of fused-ring (bicyclic) bond motifs is 2. The van der Waals surface area contributed by atoms with E-state index in [1.54, 1.807) is 19.3 Å². The second kappa shape index (κ2) is 7.90. The largest absolute Gasteiger partial charge is 0.304 e. The molecule has 2 rings (SSSR count). The molecule has 0 amide bonds. The average Bonchev–Trinajstić information content (AvgIpc) is 2.82. The number of carbonyl (C=O) groups is 1. The predicted octanol–water partition coefficient (Wildman–Crippen LogP) is 4.31. The van der Waals surface area contributed by atoms with E-state index < -0.39 is 0 Å². The van der Waals surface area contributed by atoms with Gasteiger partial charge in [-0.05, 0) is 49.9 Å². The molecule has 1 heteroatoms. The smallest absolute Gasteiger partial charge is 0.116 e. The van der Waals surface area contributed by atoms with Crippen LogP contribution >= 0.6 is 0 Å². The second-order valence-corrected chi connectivity index (χ2v) is 4.50. The zero-order chi connectivity index (χ0) is 11.8. The van der Waals surface area contributed by atoms with Gasteiger partial charge in [-0.3, -0.25) is 0 Å². The predicted molar refractivity (Wildman–Crippen MR) is 66.9 cm³/mol. The van der Waals surface area contributed by atoms with Crippen molar-refractivity contribution in [1.29, 1.82) is 0 Å². The van der Waals surface area contributed by atoms with Crippen LogP contribution in [0.25, 0.3) is 0 Å². The van der Waals surface area contributed by atoms with Gasteiger partial charge in [0.05, 0.1) is 0 Å². The van der Waals surface area contributed by atoms with Crippen molar-refractivity contribution in [3.8, 4) is 0 Å². The highest BCUT2D eigenvalue weighted by atomic mass is 16.1. The highest BCUT2D eigenvalue weighted by Gasteiger charge is 2.43. The standard InChI is InChI=1S/C10H18.C2H4O.C2H6/c1-3-10-7(2)8-4-5-9(10)6-8;1-2-3;1-2/h7-10H,3-6H2,1-2H3;2H,1H3;1-2H3. The lowest BCUT2D eigenvalue weighted by atomic mass is 9.79. The molecule has 1 nitrogen and oxygen atoms in total. The van der Waals surface area contributed by atoms with Gasteiger partial charge in [0.25, 0.3) is 0 Å². The van der Waals surface area contributed by atoms with Crippen LogP contribution in [0.4, 0.5) is 0 Å². The van der Waals surface area contributed by atoms with Crippen LogP contribution in [0.15, 0.2) is 0 Å². The summed E-state index contributed by atoms with van der Waals surface area (Å²) in [5.41, 5.74) is 0. The molecule has 2 fully saturated rings. The minimum Gasteiger partial charge on any atom is -0.304 e. The Hall–Kier alpha value is -0.330. The zero-order valence-electron chi connectivity index (χ0n) is 11.1. The lowest BCUT2D eigenvalue weighted by Gasteiger charge is -2.26. The number of hydrogen-bond donors (Lipinski definition) is 0. The molecule has 2 aliphatic carbocycles. The molecule has 0 heterocycles. The lowest BCUT2D eigenvalue weighted by molar-refractivity contribution is -0.106. The third-order valence-corrected chi connectivity index (χ3v) is 4.01. The highest BCUT2D eigenvalue weighted by Crippen LogP contribution is 2.52. The van der Waals surface area contributed by atoms with Crippen LogP contribution in [0, 0.1) is 23.7 Å². The number of aldehydes is 1. The SMILES string of the molecule is CC.CC=O.CCC1C2CCC(C2)C1C. The van der Waals surface area contributed by atoms with E-state index in [2.05, 4.69) is 13.8 Å². The first-order chi connectivity index (χ1) is 7.24. The first kappa shape index (κ1) is 14.7. The van der Waals surface area contributed by atoms with Gasteiger partial charge in [0, 0.05) is 0 Å². The van der Waals surface area contributed by atoms with Crippen molar-refractivity contribution in [1.82, 2.24) is 0 Å². The summed E-state index contributed by atoms with van der Waals surface area (Å²) >= 11 is 0. The molecule has 0 radical (unpaired) electrons. The molecule has 15 heavy (non-hydrogen) atoms. The fourth-order valence-electron chi connectivity index (χ4n) is 3.40. The van der Waals surface area contributed by atoms with Gasteiger partial charge in [-0.15, -0.1) is 0 Å². The summed E-state index contributed by atoms with van der Waals surface area (Å²) in [4.78, 5) is 8.81. The maximum atomic E-state index is 8.81. The normalized spacial score (nSPS) is 36.1. The van der Waals surface area contributed by atoms with Gasteiger partial charge in [0.2, 0.25) is 0 Å². The Morgan fingerprint density at radius 2 is 1.67 bits per heavy atom. The summed E-state index contributed by atoms with van der Waals surface area (Å²) in [6.07, 6.45) is 6.85. The summed E-state index contributed by atoms with van der Waals surface area (Å²) in [6, 6.07) is 0. The molecule has 2 saturated carbocycles. The van der Waals surface area contributed by atoms with Crippen molar-refractivity contribution in [2.75, 3.05) is 0 Å². The Morgan fingerprint density at radius 3 is 1.93 bits per heavy atom. The molecule has 2 bridgehead atoms. The molecule has 4 atom stereocenters. The third-order valence-electron chi connectivity index (χ3n) is 4.01. The van der Waals surface area contributed by atoms with E-state index >= 15 is 0 Å². The van der Waals surface area contributed by atoms with E-state index in [0.29, 0.717) is 0 Å². The molecular weight excluding hydrogens is 184 g/mol. The topological polar surface area (TPSA) is 17.1 Å². The Labute approximate surface area is 95.6 Å². The van der Waals surface area contributed by atoms with Crippen LogP contribution in [0.2, 0.25) is 0 Å². The number of hydrogen-bond acceptors (Lipinski definition) is 1. The molecule has 4 unspecified atom stereocenters. The first-order valence-electron chi connectivity index (χ1n) is 6.64. The Kier molecular flexibility index (Phi) is 7.72. The fourth-order valence-corrected chi connectivity index (χ4v) is 3.40. The Morgan fingerprint density at radius 1 is 1.20 bits per heavy atom. The monoisotopic (exact) mass is 212 g/mol. The minimum absolute atomic E-state index is 0.750. The first-order valence-corrected chi connectivity index (χ1v) is 6.64. The maximum absolute atomic E-state index is 8.81. The van der Waals surface area contributed by atoms with Gasteiger partial charge in [0.1, 0.15) is 6.29 Å². The maximum Gasteiger partial charge on any atom is 0.116 e. The highest BCUT2D eigenvalue weighted by molar-refractivity contribution is 5.44. The summed E-state index contributed by atoms with van der Waals surface area (Å²) in [5, 5.41) is 0. The van der Waals surface area contributed by atoms with Crippen LogP contribution in [0.1, 0.15) is 60.3 Å². The molecule has 0 aromatic heterocycles. The van der Waals surface area contributed by atoms with Gasteiger partial charge < -0.3 is 4.79 Å². The summed E-state index contributed by atoms with van der Waals surface area (Å²) < 4.78 is 0. The van der Waals surface area contributed by atoms with E-state index in [1.807, 2.05) is 13.8 Å². The zero-order valence-corrected chi connectivity index (χ0v) is 11.1. The molecule has 0 N–H and O–H groups in total. The lowest BCUT2D eigenvalue weighted by Crippen LogP contribution is -2.18. The molecular formula is C14H28O. The van der Waals surface area contributed by atoms with Crippen molar-refractivity contribution in [2.45, 2.75) is 60.3 Å². The van der Waals surface area contributed by atoms with E-state index in [9.17, 15) is 0 Å². The van der Waals surface area contributed by atoms with Crippen molar-refractivity contribution in [3.63, 3.8) is 0 Å². The van der Waals surface area contributed by atoms with Crippen molar-refractivity contribution in [3.05, 3.63) is 0 Å². The molecule has 90 valence electrons. The van der Waals surface area contributed by atoms with Gasteiger partial charge in [0.15, 0.2) is 0 Å². The molecule has 0 saturated heterocycles. The molecule has 0 spiro atoms. The van der Waals surface area contributed by atoms with Crippen molar-refractivity contribution < 1.29 is 4.79 Å². The minimum atomic E-state index is 0.750. The van der Waals surface area contributed by atoms with E-state index in [0.717, 1.165) is 30.0 Å². The molecule has 2 aliphatic rings. The van der Waals surface area contributed by atoms with Crippen LogP contribution in [0.3, 0.4) is 0 Å². The van der Waals surface area contributed by atoms with Crippen molar-refractivity contribution in [2.24, 2.45) is 23.7 Å². The Balaban J connectivity index is 0.000000342. The van der Waals surface area contributed by atoms with Gasteiger partial charge in [-0.2, -0.15) is 0 Å². The number of rotatable bonds is 1. The van der Waals surface area contributed by atoms with Gasteiger partial charge in [-0.25, -0.2) is 0 Å². The quantitative estimate of drug-likeness (QED) is 0.592. The van der Waals surface area contributed by atoms with Crippen LogP contribution in [-0.2, 0) is 4.79 Å². The Bertz CT molecular complexity index is 163. The summed E-state index contributed by atoms with van der Waals surface area (Å²) in [6.45, 7) is 10.3. The molecule has 0 aliphatic heterocycles. The van der Waals surface area contributed by atoms with Crippen LogP contribution < -0.4 is 0 Å². The summed E-state index contributed by atoms with van der Waals surface area (Å²) in [7, 11) is 0. The molecule has 0 aromatic rings. The van der Waals surface area contributed by atoms with E-state index in [1.165, 1.54) is 13.3 Å².